The number of allylic oxidation sites excluding steroid dienone is 4. The molecule has 1 rings (SSSR count). The number of hydrogen-bond acceptors (Lipinski definition) is 0. The van der Waals surface area contributed by atoms with Gasteiger partial charge in [0, 0.05) is 0 Å². The van der Waals surface area contributed by atoms with Crippen LogP contribution in [0.5, 0.6) is 0 Å². The fourth-order valence-electron chi connectivity index (χ4n) is 1.64. The van der Waals surface area contributed by atoms with E-state index in [-0.39, 0.29) is 0 Å². The fourth-order valence-corrected chi connectivity index (χ4v) is 1.64. The first-order chi connectivity index (χ1) is 5.68. The lowest BCUT2D eigenvalue weighted by molar-refractivity contribution is 0.474. The first-order valence-electron chi connectivity index (χ1n) is 4.97. The second-order valence-electron chi connectivity index (χ2n) is 4.21. The summed E-state index contributed by atoms with van der Waals surface area (Å²) in [6, 6.07) is 0. The Hall–Kier alpha value is -0.520. The maximum absolute atomic E-state index is 2.41. The normalized spacial score (nSPS) is 23.2. The highest BCUT2D eigenvalue weighted by Crippen LogP contribution is 2.26. The summed E-state index contributed by atoms with van der Waals surface area (Å²) < 4.78 is 0. The van der Waals surface area contributed by atoms with Crippen LogP contribution >= 0.6 is 0 Å². The Labute approximate surface area is 76.4 Å². The van der Waals surface area contributed by atoms with Crippen molar-refractivity contribution < 1.29 is 0 Å². The van der Waals surface area contributed by atoms with Crippen LogP contribution < -0.4 is 0 Å². The summed E-state index contributed by atoms with van der Waals surface area (Å²) in [5.74, 6) is 0.920. The third kappa shape index (κ3) is 3.25. The van der Waals surface area contributed by atoms with E-state index in [0.717, 1.165) is 5.92 Å². The summed E-state index contributed by atoms with van der Waals surface area (Å²) in [4.78, 5) is 0. The van der Waals surface area contributed by atoms with Crippen LogP contribution in [-0.2, 0) is 0 Å². The van der Waals surface area contributed by atoms with Gasteiger partial charge in [-0.15, -0.1) is 0 Å². The lowest BCUT2D eigenvalue weighted by Gasteiger charge is -2.18. The minimum atomic E-state index is 0.920. The molecular weight excluding hydrogens is 144 g/mol. The Kier molecular flexibility index (Phi) is 3.58. The molecule has 0 aliphatic heterocycles. The predicted octanol–water partition coefficient (Wildman–Crippen LogP) is 4.09. The Morgan fingerprint density at radius 2 is 2.33 bits per heavy atom. The van der Waals surface area contributed by atoms with Crippen molar-refractivity contribution in [3.63, 3.8) is 0 Å². The van der Waals surface area contributed by atoms with Crippen LogP contribution in [0.4, 0.5) is 0 Å². The zero-order valence-corrected chi connectivity index (χ0v) is 8.56. The van der Waals surface area contributed by atoms with Crippen molar-refractivity contribution in [1.82, 2.24) is 0 Å². The molecule has 0 aromatic carbocycles. The summed E-state index contributed by atoms with van der Waals surface area (Å²) in [7, 11) is 0. The topological polar surface area (TPSA) is 0 Å². The van der Waals surface area contributed by atoms with Gasteiger partial charge in [-0.05, 0) is 52.4 Å². The van der Waals surface area contributed by atoms with E-state index >= 15 is 0 Å². The smallest absolute Gasteiger partial charge is 0.0317 e. The molecule has 1 aliphatic carbocycles. The van der Waals surface area contributed by atoms with E-state index in [9.17, 15) is 0 Å². The van der Waals surface area contributed by atoms with Crippen LogP contribution in [0.1, 0.15) is 46.5 Å². The molecule has 0 saturated carbocycles. The van der Waals surface area contributed by atoms with E-state index < -0.39 is 0 Å². The largest absolute Gasteiger partial charge is 0.0856 e. The molecule has 0 aromatic heterocycles. The predicted molar refractivity (Wildman–Crippen MR) is 55.1 cm³/mol. The van der Waals surface area contributed by atoms with Gasteiger partial charge < -0.3 is 0 Å². The summed E-state index contributed by atoms with van der Waals surface area (Å²) in [5, 5.41) is 0. The first kappa shape index (κ1) is 9.57. The number of hydrogen-bond donors (Lipinski definition) is 0. The fraction of sp³-hybridized carbons (Fsp3) is 0.667. The van der Waals surface area contributed by atoms with Gasteiger partial charge in [-0.2, -0.15) is 0 Å². The lowest BCUT2D eigenvalue weighted by Crippen LogP contribution is -2.03. The summed E-state index contributed by atoms with van der Waals surface area (Å²) in [6.07, 6.45) is 10.1. The van der Waals surface area contributed by atoms with Gasteiger partial charge in [0.1, 0.15) is 0 Å². The molecule has 12 heavy (non-hydrogen) atoms. The summed E-state index contributed by atoms with van der Waals surface area (Å²) in [6.45, 7) is 6.62. The van der Waals surface area contributed by atoms with E-state index in [1.165, 1.54) is 31.3 Å². The molecule has 0 N–H and O–H groups in total. The molecule has 1 aliphatic rings. The van der Waals surface area contributed by atoms with Crippen molar-refractivity contribution >= 4 is 0 Å². The van der Waals surface area contributed by atoms with Crippen molar-refractivity contribution in [1.29, 1.82) is 0 Å². The first-order valence-corrected chi connectivity index (χ1v) is 4.97. The SMILES string of the molecule is CC(C)=CC[C@@H]1CC=C(C)CC1. The minimum absolute atomic E-state index is 0.920. The monoisotopic (exact) mass is 164 g/mol. The molecule has 0 spiro atoms. The summed E-state index contributed by atoms with van der Waals surface area (Å²) in [5.41, 5.74) is 3.05. The second-order valence-corrected chi connectivity index (χ2v) is 4.21. The highest BCUT2D eigenvalue weighted by atomic mass is 14.2. The van der Waals surface area contributed by atoms with Gasteiger partial charge in [-0.1, -0.05) is 23.3 Å². The standard InChI is InChI=1S/C12H20/c1-10(2)4-7-12-8-5-11(3)6-9-12/h4-5,12H,6-9H2,1-3H3/t12-/m1/s1. The van der Waals surface area contributed by atoms with E-state index in [0.29, 0.717) is 0 Å². The minimum Gasteiger partial charge on any atom is -0.0856 e. The highest BCUT2D eigenvalue weighted by molar-refractivity contribution is 5.04. The average Bonchev–Trinajstić information content (AvgIpc) is 2.03. The van der Waals surface area contributed by atoms with Gasteiger partial charge >= 0.3 is 0 Å². The average molecular weight is 164 g/mol. The molecule has 0 unspecified atom stereocenters. The van der Waals surface area contributed by atoms with Crippen LogP contribution in [-0.4, -0.2) is 0 Å². The van der Waals surface area contributed by atoms with Crippen molar-refractivity contribution in [3.8, 4) is 0 Å². The Morgan fingerprint density at radius 1 is 1.58 bits per heavy atom. The quantitative estimate of drug-likeness (QED) is 0.539. The Morgan fingerprint density at radius 3 is 2.83 bits per heavy atom. The Balaban J connectivity index is 2.32. The summed E-state index contributed by atoms with van der Waals surface area (Å²) >= 11 is 0. The molecule has 68 valence electrons. The highest BCUT2D eigenvalue weighted by Gasteiger charge is 2.10. The zero-order valence-electron chi connectivity index (χ0n) is 8.56. The van der Waals surface area contributed by atoms with Gasteiger partial charge in [0.15, 0.2) is 0 Å². The molecule has 0 fully saturated rings. The molecule has 0 amide bonds. The third-order valence-corrected chi connectivity index (χ3v) is 2.61. The second kappa shape index (κ2) is 4.49. The Bertz CT molecular complexity index is 192. The maximum atomic E-state index is 2.41. The number of rotatable bonds is 2. The zero-order chi connectivity index (χ0) is 8.97. The van der Waals surface area contributed by atoms with Gasteiger partial charge in [0.25, 0.3) is 0 Å². The molecule has 0 nitrogen and oxygen atoms in total. The van der Waals surface area contributed by atoms with Crippen molar-refractivity contribution in [2.75, 3.05) is 0 Å². The van der Waals surface area contributed by atoms with E-state index in [1.807, 2.05) is 0 Å². The molecule has 0 bridgehead atoms. The van der Waals surface area contributed by atoms with Gasteiger partial charge in [-0.3, -0.25) is 0 Å². The molecule has 0 heterocycles. The van der Waals surface area contributed by atoms with Crippen LogP contribution in [0.15, 0.2) is 23.3 Å². The molecule has 0 saturated heterocycles. The van der Waals surface area contributed by atoms with Gasteiger partial charge in [0.05, 0.1) is 0 Å². The van der Waals surface area contributed by atoms with Gasteiger partial charge in [-0.25, -0.2) is 0 Å². The van der Waals surface area contributed by atoms with E-state index in [4.69, 9.17) is 0 Å². The van der Waals surface area contributed by atoms with Crippen molar-refractivity contribution in [3.05, 3.63) is 23.3 Å². The van der Waals surface area contributed by atoms with Crippen LogP contribution in [0, 0.1) is 5.92 Å². The molecular formula is C12H20. The molecule has 0 radical (unpaired) electrons. The molecule has 1 atom stereocenters. The van der Waals surface area contributed by atoms with Crippen LogP contribution in [0.3, 0.4) is 0 Å². The van der Waals surface area contributed by atoms with Crippen molar-refractivity contribution in [2.24, 2.45) is 5.92 Å². The van der Waals surface area contributed by atoms with E-state index in [1.54, 1.807) is 5.57 Å². The molecule has 0 heteroatoms. The lowest BCUT2D eigenvalue weighted by atomic mass is 9.87. The van der Waals surface area contributed by atoms with Gasteiger partial charge in [0.2, 0.25) is 0 Å². The maximum Gasteiger partial charge on any atom is -0.0317 e. The van der Waals surface area contributed by atoms with Crippen LogP contribution in [0.2, 0.25) is 0 Å². The van der Waals surface area contributed by atoms with Crippen molar-refractivity contribution in [2.45, 2.75) is 46.5 Å². The van der Waals surface area contributed by atoms with E-state index in [2.05, 4.69) is 32.9 Å². The third-order valence-electron chi connectivity index (χ3n) is 2.61. The van der Waals surface area contributed by atoms with Crippen LogP contribution in [0.25, 0.3) is 0 Å². The molecule has 0 aromatic rings.